The van der Waals surface area contributed by atoms with Crippen LogP contribution >= 0.6 is 0 Å². The minimum absolute atomic E-state index is 0.161. The number of esters is 1. The molecule has 2 N–H and O–H groups in total. The maximum absolute atomic E-state index is 10.7. The maximum atomic E-state index is 10.7. The highest BCUT2D eigenvalue weighted by Gasteiger charge is 2.04. The molecule has 0 aromatic carbocycles. The Kier molecular flexibility index (Phi) is 4.88. The summed E-state index contributed by atoms with van der Waals surface area (Å²) in [6.07, 6.45) is 0.406. The Hall–Kier alpha value is -0.610. The van der Waals surface area contributed by atoms with Crippen LogP contribution in [0.3, 0.4) is 0 Å². The fourth-order valence-electron chi connectivity index (χ4n) is 0.492. The van der Waals surface area contributed by atoms with Gasteiger partial charge in [0, 0.05) is 6.42 Å². The number of rotatable bonds is 4. The Labute approximate surface area is 60.2 Å². The number of ether oxygens (including phenoxy) is 1. The summed E-state index contributed by atoms with van der Waals surface area (Å²) in [5, 5.41) is 0. The summed E-state index contributed by atoms with van der Waals surface area (Å²) in [6.45, 7) is 3.71. The van der Waals surface area contributed by atoms with E-state index in [0.717, 1.165) is 0 Å². The Morgan fingerprint density at radius 1 is 1.60 bits per heavy atom. The molecule has 0 spiro atoms. The van der Waals surface area contributed by atoms with E-state index in [-0.39, 0.29) is 12.8 Å². The van der Waals surface area contributed by atoms with E-state index in [1.807, 2.05) is 13.8 Å². The van der Waals surface area contributed by atoms with Gasteiger partial charge in [-0.1, -0.05) is 13.8 Å². The predicted octanol–water partition coefficient (Wildman–Crippen LogP) is 0.424. The quantitative estimate of drug-likeness (QED) is 0.355. The van der Waals surface area contributed by atoms with Crippen LogP contribution in [-0.2, 0) is 14.4 Å². The van der Waals surface area contributed by atoms with Gasteiger partial charge < -0.3 is 4.74 Å². The third-order valence-electron chi connectivity index (χ3n) is 0.863. The largest absolute Gasteiger partial charge is 0.437 e. The fraction of sp³-hybridized carbons (Fsp3) is 0.833. The van der Waals surface area contributed by atoms with Gasteiger partial charge in [0.25, 0.3) is 0 Å². The SMILES string of the molecule is CC(C)CC(=O)OCON. The van der Waals surface area contributed by atoms with Crippen molar-refractivity contribution >= 4 is 5.97 Å². The Morgan fingerprint density at radius 3 is 2.60 bits per heavy atom. The van der Waals surface area contributed by atoms with Crippen LogP contribution < -0.4 is 5.90 Å². The molecule has 0 amide bonds. The molecule has 60 valence electrons. The van der Waals surface area contributed by atoms with Crippen molar-refractivity contribution in [3.05, 3.63) is 0 Å². The number of hydrogen-bond donors (Lipinski definition) is 1. The summed E-state index contributed by atoms with van der Waals surface area (Å²) < 4.78 is 4.52. The van der Waals surface area contributed by atoms with Gasteiger partial charge in [-0.15, -0.1) is 0 Å². The molecule has 0 fully saturated rings. The highest BCUT2D eigenvalue weighted by molar-refractivity contribution is 5.69. The van der Waals surface area contributed by atoms with Crippen molar-refractivity contribution in [3.63, 3.8) is 0 Å². The van der Waals surface area contributed by atoms with E-state index in [2.05, 4.69) is 15.5 Å². The zero-order valence-corrected chi connectivity index (χ0v) is 6.29. The van der Waals surface area contributed by atoms with Crippen LogP contribution in [0.4, 0.5) is 0 Å². The highest BCUT2D eigenvalue weighted by Crippen LogP contribution is 2.00. The van der Waals surface area contributed by atoms with E-state index in [9.17, 15) is 4.79 Å². The molecule has 0 rings (SSSR count). The van der Waals surface area contributed by atoms with Gasteiger partial charge in [0.2, 0.25) is 6.79 Å². The van der Waals surface area contributed by atoms with Crippen molar-refractivity contribution in [2.24, 2.45) is 11.8 Å². The second-order valence-corrected chi connectivity index (χ2v) is 2.40. The van der Waals surface area contributed by atoms with Gasteiger partial charge in [0.15, 0.2) is 0 Å². The summed E-state index contributed by atoms with van der Waals surface area (Å²) in [7, 11) is 0. The first-order valence-corrected chi connectivity index (χ1v) is 3.14. The lowest BCUT2D eigenvalue weighted by Gasteiger charge is -2.03. The number of carbonyl (C=O) groups excluding carboxylic acids is 1. The zero-order valence-electron chi connectivity index (χ0n) is 6.29. The van der Waals surface area contributed by atoms with Gasteiger partial charge in [-0.05, 0) is 5.92 Å². The minimum atomic E-state index is -0.277. The second-order valence-electron chi connectivity index (χ2n) is 2.40. The first kappa shape index (κ1) is 9.39. The van der Waals surface area contributed by atoms with E-state index in [0.29, 0.717) is 12.3 Å². The van der Waals surface area contributed by atoms with Crippen LogP contribution in [0.2, 0.25) is 0 Å². The van der Waals surface area contributed by atoms with Crippen LogP contribution in [0.15, 0.2) is 0 Å². The van der Waals surface area contributed by atoms with Crippen LogP contribution in [0.25, 0.3) is 0 Å². The summed E-state index contributed by atoms with van der Waals surface area (Å²) in [6, 6.07) is 0. The third kappa shape index (κ3) is 5.53. The lowest BCUT2D eigenvalue weighted by Crippen LogP contribution is -2.12. The summed E-state index contributed by atoms with van der Waals surface area (Å²) in [5.74, 6) is 4.66. The number of carbonyl (C=O) groups is 1. The topological polar surface area (TPSA) is 61.5 Å². The monoisotopic (exact) mass is 147 g/mol. The molecule has 4 heteroatoms. The van der Waals surface area contributed by atoms with E-state index in [4.69, 9.17) is 0 Å². The molecule has 0 radical (unpaired) electrons. The lowest BCUT2D eigenvalue weighted by molar-refractivity contribution is -0.157. The Bertz CT molecular complexity index is 103. The fourth-order valence-corrected chi connectivity index (χ4v) is 0.492. The minimum Gasteiger partial charge on any atom is -0.437 e. The molecule has 0 aliphatic rings. The second kappa shape index (κ2) is 5.20. The van der Waals surface area contributed by atoms with Crippen LogP contribution in [0, 0.1) is 5.92 Å². The summed E-state index contributed by atoms with van der Waals surface area (Å²) in [5.41, 5.74) is 0. The van der Waals surface area contributed by atoms with Gasteiger partial charge in [-0.3, -0.25) is 9.63 Å². The average Bonchev–Trinajstić information content (AvgIpc) is 1.82. The van der Waals surface area contributed by atoms with Crippen LogP contribution in [0.5, 0.6) is 0 Å². The van der Waals surface area contributed by atoms with Crippen molar-refractivity contribution in [2.45, 2.75) is 20.3 Å². The molecule has 10 heavy (non-hydrogen) atoms. The zero-order chi connectivity index (χ0) is 7.98. The van der Waals surface area contributed by atoms with E-state index in [1.54, 1.807) is 0 Å². The molecule has 0 saturated carbocycles. The first-order chi connectivity index (χ1) is 4.66. The molecule has 0 aliphatic heterocycles. The third-order valence-corrected chi connectivity index (χ3v) is 0.863. The van der Waals surface area contributed by atoms with E-state index < -0.39 is 0 Å². The molecular weight excluding hydrogens is 134 g/mol. The van der Waals surface area contributed by atoms with Crippen molar-refractivity contribution in [1.29, 1.82) is 0 Å². The molecule has 0 saturated heterocycles. The number of nitrogens with two attached hydrogens (primary N) is 1. The molecule has 0 aromatic rings. The van der Waals surface area contributed by atoms with Crippen molar-refractivity contribution in [3.8, 4) is 0 Å². The van der Waals surface area contributed by atoms with Gasteiger partial charge in [0.05, 0.1) is 0 Å². The molecule has 0 aromatic heterocycles. The van der Waals surface area contributed by atoms with Crippen LogP contribution in [-0.4, -0.2) is 12.8 Å². The van der Waals surface area contributed by atoms with Gasteiger partial charge in [-0.2, -0.15) is 0 Å². The normalized spacial score (nSPS) is 10.0. The van der Waals surface area contributed by atoms with Crippen molar-refractivity contribution in [1.82, 2.24) is 0 Å². The standard InChI is InChI=1S/C6H13NO3/c1-5(2)3-6(8)9-4-10-7/h5H,3-4,7H2,1-2H3. The molecule has 0 atom stereocenters. The Morgan fingerprint density at radius 2 is 2.20 bits per heavy atom. The summed E-state index contributed by atoms with van der Waals surface area (Å²) in [4.78, 5) is 14.7. The first-order valence-electron chi connectivity index (χ1n) is 3.14. The number of hydrogen-bond acceptors (Lipinski definition) is 4. The van der Waals surface area contributed by atoms with Gasteiger partial charge in [0.1, 0.15) is 0 Å². The molecule has 0 bridgehead atoms. The molecular formula is C6H13NO3. The molecule has 4 nitrogen and oxygen atoms in total. The summed E-state index contributed by atoms with van der Waals surface area (Å²) >= 11 is 0. The van der Waals surface area contributed by atoms with Crippen molar-refractivity contribution < 1.29 is 14.4 Å². The lowest BCUT2D eigenvalue weighted by atomic mass is 10.1. The molecule has 0 aliphatic carbocycles. The smallest absolute Gasteiger partial charge is 0.308 e. The Balaban J connectivity index is 3.26. The average molecular weight is 147 g/mol. The van der Waals surface area contributed by atoms with Gasteiger partial charge in [-0.25, -0.2) is 5.90 Å². The molecule has 0 heterocycles. The highest BCUT2D eigenvalue weighted by atomic mass is 16.7. The van der Waals surface area contributed by atoms with Crippen molar-refractivity contribution in [2.75, 3.05) is 6.79 Å². The van der Waals surface area contributed by atoms with Gasteiger partial charge >= 0.3 is 5.97 Å². The van der Waals surface area contributed by atoms with Crippen LogP contribution in [0.1, 0.15) is 20.3 Å². The maximum Gasteiger partial charge on any atom is 0.308 e. The van der Waals surface area contributed by atoms with E-state index in [1.165, 1.54) is 0 Å². The molecule has 0 unspecified atom stereocenters. The van der Waals surface area contributed by atoms with E-state index >= 15 is 0 Å². The predicted molar refractivity (Wildman–Crippen MR) is 35.7 cm³/mol.